The molecule has 120 valence electrons. The van der Waals surface area contributed by atoms with Crippen LogP contribution in [0.5, 0.6) is 0 Å². The van der Waals surface area contributed by atoms with Crippen LogP contribution in [-0.4, -0.2) is 25.7 Å². The number of nitrogen functional groups attached to an aromatic ring is 1. The maximum atomic E-state index is 13.2. The first-order chi connectivity index (χ1) is 9.44. The monoisotopic (exact) mass is 338 g/mol. The van der Waals surface area contributed by atoms with Crippen molar-refractivity contribution in [2.75, 3.05) is 12.3 Å². The lowest BCUT2D eigenvalue weighted by atomic mass is 9.95. The topological polar surface area (TPSA) is 92.4 Å². The maximum Gasteiger partial charge on any atom is 0.242 e. The average Bonchev–Trinajstić information content (AvgIpc) is 2.30. The number of hydrogen-bond acceptors (Lipinski definition) is 4. The zero-order valence-corrected chi connectivity index (χ0v) is 13.7. The molecule has 0 aliphatic carbocycles. The molecule has 0 bridgehead atoms. The van der Waals surface area contributed by atoms with Gasteiger partial charge in [-0.2, -0.15) is 0 Å². The summed E-state index contributed by atoms with van der Waals surface area (Å²) in [6, 6.07) is 1.80. The second-order valence-corrected chi connectivity index (χ2v) is 7.87. The molecule has 1 rings (SSSR count). The number of nitrogens with two attached hydrogens (primary N) is 1. The van der Waals surface area contributed by atoms with Crippen molar-refractivity contribution < 1.29 is 17.9 Å². The van der Waals surface area contributed by atoms with Gasteiger partial charge in [-0.05, 0) is 31.4 Å². The highest BCUT2D eigenvalue weighted by Gasteiger charge is 2.26. The molecule has 8 heteroatoms. The van der Waals surface area contributed by atoms with Gasteiger partial charge in [0.15, 0.2) is 0 Å². The van der Waals surface area contributed by atoms with Gasteiger partial charge in [0.2, 0.25) is 10.0 Å². The SMILES string of the molecule is CC(C)CC(C)(O)CNS(=O)(=O)c1cc(N)c(F)cc1Cl. The molecule has 0 radical (unpaired) electrons. The summed E-state index contributed by atoms with van der Waals surface area (Å²) < 4.78 is 39.8. The van der Waals surface area contributed by atoms with E-state index in [9.17, 15) is 17.9 Å². The number of halogens is 2. The molecular weight excluding hydrogens is 319 g/mol. The van der Waals surface area contributed by atoms with Crippen molar-refractivity contribution in [1.29, 1.82) is 0 Å². The second kappa shape index (κ2) is 6.48. The zero-order valence-electron chi connectivity index (χ0n) is 12.2. The molecule has 0 saturated carbocycles. The van der Waals surface area contributed by atoms with Crippen LogP contribution in [0.1, 0.15) is 27.2 Å². The Bertz CT molecular complexity index is 618. The number of hydrogen-bond donors (Lipinski definition) is 3. The van der Waals surface area contributed by atoms with E-state index in [1.807, 2.05) is 13.8 Å². The molecule has 0 aliphatic rings. The summed E-state index contributed by atoms with van der Waals surface area (Å²) in [4.78, 5) is -0.316. The third-order valence-corrected chi connectivity index (χ3v) is 4.70. The van der Waals surface area contributed by atoms with E-state index in [1.54, 1.807) is 0 Å². The van der Waals surface area contributed by atoms with Gasteiger partial charge in [-0.1, -0.05) is 25.4 Å². The fourth-order valence-electron chi connectivity index (χ4n) is 2.03. The van der Waals surface area contributed by atoms with E-state index >= 15 is 0 Å². The summed E-state index contributed by atoms with van der Waals surface area (Å²) in [6.07, 6.45) is 0.425. The Balaban J connectivity index is 2.95. The predicted octanol–water partition coefficient (Wildman–Crippen LogP) is 2.14. The van der Waals surface area contributed by atoms with Crippen molar-refractivity contribution in [2.45, 2.75) is 37.7 Å². The van der Waals surface area contributed by atoms with Crippen LogP contribution in [0.2, 0.25) is 5.02 Å². The Kier molecular flexibility index (Phi) is 5.60. The molecular formula is C13H20ClFN2O3S. The van der Waals surface area contributed by atoms with Crippen molar-refractivity contribution in [3.05, 3.63) is 23.0 Å². The van der Waals surface area contributed by atoms with Gasteiger partial charge >= 0.3 is 0 Å². The molecule has 4 N–H and O–H groups in total. The maximum absolute atomic E-state index is 13.2. The quantitative estimate of drug-likeness (QED) is 0.693. The fourth-order valence-corrected chi connectivity index (χ4v) is 3.74. The molecule has 0 spiro atoms. The Labute approximate surface area is 129 Å². The van der Waals surface area contributed by atoms with Gasteiger partial charge in [-0.25, -0.2) is 17.5 Å². The van der Waals surface area contributed by atoms with E-state index < -0.39 is 21.4 Å². The fraction of sp³-hybridized carbons (Fsp3) is 0.538. The second-order valence-electron chi connectivity index (χ2n) is 5.72. The average molecular weight is 339 g/mol. The molecule has 0 amide bonds. The van der Waals surface area contributed by atoms with Crippen LogP contribution >= 0.6 is 11.6 Å². The van der Waals surface area contributed by atoms with Gasteiger partial charge in [-0.15, -0.1) is 0 Å². The highest BCUT2D eigenvalue weighted by atomic mass is 35.5. The van der Waals surface area contributed by atoms with Crippen molar-refractivity contribution in [2.24, 2.45) is 5.92 Å². The zero-order chi connectivity index (χ0) is 16.4. The summed E-state index contributed by atoms with van der Waals surface area (Å²) in [7, 11) is -3.99. The van der Waals surface area contributed by atoms with Gasteiger partial charge in [0.1, 0.15) is 10.7 Å². The molecule has 0 aliphatic heterocycles. The van der Waals surface area contributed by atoms with Crippen molar-refractivity contribution >= 4 is 27.3 Å². The van der Waals surface area contributed by atoms with E-state index in [2.05, 4.69) is 4.72 Å². The molecule has 1 unspecified atom stereocenters. The Morgan fingerprint density at radius 2 is 2.05 bits per heavy atom. The van der Waals surface area contributed by atoms with Gasteiger partial charge in [0.25, 0.3) is 0 Å². The Morgan fingerprint density at radius 3 is 2.57 bits per heavy atom. The van der Waals surface area contributed by atoms with Crippen molar-refractivity contribution in [1.82, 2.24) is 4.72 Å². The van der Waals surface area contributed by atoms with Crippen LogP contribution in [0.3, 0.4) is 0 Å². The van der Waals surface area contributed by atoms with E-state index in [0.717, 1.165) is 12.1 Å². The number of anilines is 1. The van der Waals surface area contributed by atoms with Gasteiger partial charge in [-0.3, -0.25) is 0 Å². The van der Waals surface area contributed by atoms with Crippen LogP contribution in [0, 0.1) is 11.7 Å². The lowest BCUT2D eigenvalue weighted by molar-refractivity contribution is 0.0437. The van der Waals surface area contributed by atoms with Gasteiger partial charge < -0.3 is 10.8 Å². The number of sulfonamides is 1. The first-order valence-corrected chi connectivity index (χ1v) is 8.27. The summed E-state index contributed by atoms with van der Waals surface area (Å²) in [5.74, 6) is -0.583. The van der Waals surface area contributed by atoms with E-state index in [-0.39, 0.29) is 28.1 Å². The normalized spacial score (nSPS) is 15.2. The minimum Gasteiger partial charge on any atom is -0.396 e. The molecule has 0 fully saturated rings. The standard InChI is InChI=1S/C13H20ClFN2O3S/c1-8(2)6-13(3,18)7-17-21(19,20)12-5-11(16)10(15)4-9(12)14/h4-5,8,17-18H,6-7,16H2,1-3H3. The molecule has 0 aromatic heterocycles. The minimum atomic E-state index is -3.99. The van der Waals surface area contributed by atoms with Crippen LogP contribution in [0.4, 0.5) is 10.1 Å². The smallest absolute Gasteiger partial charge is 0.242 e. The Morgan fingerprint density at radius 1 is 1.48 bits per heavy atom. The molecule has 21 heavy (non-hydrogen) atoms. The van der Waals surface area contributed by atoms with E-state index in [4.69, 9.17) is 17.3 Å². The third kappa shape index (κ3) is 5.10. The van der Waals surface area contributed by atoms with E-state index in [1.165, 1.54) is 6.92 Å². The molecule has 1 aromatic carbocycles. The first kappa shape index (κ1) is 18.2. The largest absolute Gasteiger partial charge is 0.396 e. The molecule has 0 heterocycles. The Hall–Kier alpha value is -0.890. The lowest BCUT2D eigenvalue weighted by Crippen LogP contribution is -2.41. The first-order valence-electron chi connectivity index (χ1n) is 6.41. The molecule has 0 saturated heterocycles. The van der Waals surface area contributed by atoms with Crippen molar-refractivity contribution in [3.8, 4) is 0 Å². The van der Waals surface area contributed by atoms with Crippen LogP contribution in [-0.2, 0) is 10.0 Å². The van der Waals surface area contributed by atoms with Gasteiger partial charge in [0.05, 0.1) is 16.3 Å². The number of rotatable bonds is 6. The number of aliphatic hydroxyl groups is 1. The van der Waals surface area contributed by atoms with Crippen LogP contribution in [0.15, 0.2) is 17.0 Å². The van der Waals surface area contributed by atoms with Crippen LogP contribution < -0.4 is 10.5 Å². The number of benzene rings is 1. The lowest BCUT2D eigenvalue weighted by Gasteiger charge is -2.25. The molecule has 1 aromatic rings. The summed E-state index contributed by atoms with van der Waals surface area (Å²) in [5, 5.41) is 9.85. The minimum absolute atomic E-state index is 0.179. The highest BCUT2D eigenvalue weighted by molar-refractivity contribution is 7.89. The summed E-state index contributed by atoms with van der Waals surface area (Å²) in [6.45, 7) is 5.19. The summed E-state index contributed by atoms with van der Waals surface area (Å²) in [5.41, 5.74) is 3.85. The third-order valence-electron chi connectivity index (χ3n) is 2.83. The van der Waals surface area contributed by atoms with E-state index in [0.29, 0.717) is 6.42 Å². The molecule has 1 atom stereocenters. The highest BCUT2D eigenvalue weighted by Crippen LogP contribution is 2.26. The van der Waals surface area contributed by atoms with Gasteiger partial charge in [0, 0.05) is 6.54 Å². The van der Waals surface area contributed by atoms with Crippen LogP contribution in [0.25, 0.3) is 0 Å². The molecule has 5 nitrogen and oxygen atoms in total. The summed E-state index contributed by atoms with van der Waals surface area (Å²) >= 11 is 5.74. The number of nitrogens with one attached hydrogen (secondary N) is 1. The van der Waals surface area contributed by atoms with Crippen molar-refractivity contribution in [3.63, 3.8) is 0 Å². The predicted molar refractivity (Wildman–Crippen MR) is 81.1 cm³/mol.